The largest absolute Gasteiger partial charge is 0.416 e. The Morgan fingerprint density at radius 1 is 1.04 bits per heavy atom. The number of rotatable bonds is 4. The quantitative estimate of drug-likeness (QED) is 0.616. The first kappa shape index (κ1) is 18.9. The summed E-state index contributed by atoms with van der Waals surface area (Å²) in [4.78, 5) is 12.0. The van der Waals surface area contributed by atoms with E-state index in [1.807, 2.05) is 18.2 Å². The number of halogens is 3. The van der Waals surface area contributed by atoms with Gasteiger partial charge in [-0.05, 0) is 49.4 Å². The fourth-order valence-electron chi connectivity index (χ4n) is 3.04. The monoisotopic (exact) mass is 375 g/mol. The van der Waals surface area contributed by atoms with Gasteiger partial charge in [-0.25, -0.2) is 5.43 Å². The maximum absolute atomic E-state index is 12.7. The number of hydrogen-bond acceptors (Lipinski definition) is 3. The second-order valence-electron chi connectivity index (χ2n) is 6.39. The summed E-state index contributed by atoms with van der Waals surface area (Å²) in [7, 11) is 0. The highest BCUT2D eigenvalue weighted by atomic mass is 19.4. The number of hydrogen-bond donors (Lipinski definition) is 2. The smallest absolute Gasteiger partial charge is 0.376 e. The van der Waals surface area contributed by atoms with Crippen molar-refractivity contribution < 1.29 is 18.0 Å². The van der Waals surface area contributed by atoms with Crippen molar-refractivity contribution in [1.29, 1.82) is 0 Å². The van der Waals surface area contributed by atoms with E-state index in [0.29, 0.717) is 0 Å². The molecule has 3 rings (SSSR count). The molecule has 0 aromatic heterocycles. The van der Waals surface area contributed by atoms with Crippen molar-refractivity contribution in [3.8, 4) is 0 Å². The van der Waals surface area contributed by atoms with Crippen molar-refractivity contribution in [3.63, 3.8) is 0 Å². The van der Waals surface area contributed by atoms with E-state index in [1.165, 1.54) is 17.7 Å². The zero-order valence-electron chi connectivity index (χ0n) is 14.6. The Bertz CT molecular complexity index is 846. The molecule has 2 N–H and O–H groups in total. The van der Waals surface area contributed by atoms with Gasteiger partial charge in [-0.2, -0.15) is 18.3 Å². The van der Waals surface area contributed by atoms with Crippen LogP contribution >= 0.6 is 0 Å². The summed E-state index contributed by atoms with van der Waals surface area (Å²) in [6, 6.07) is 12.7. The van der Waals surface area contributed by atoms with Gasteiger partial charge in [-0.3, -0.25) is 4.79 Å². The van der Waals surface area contributed by atoms with Gasteiger partial charge in [-0.1, -0.05) is 30.3 Å². The van der Waals surface area contributed by atoms with Crippen LogP contribution in [0.25, 0.3) is 0 Å². The number of anilines is 1. The number of fused-ring (bicyclic) bond motifs is 1. The van der Waals surface area contributed by atoms with Crippen LogP contribution in [0.2, 0.25) is 0 Å². The molecule has 0 saturated heterocycles. The van der Waals surface area contributed by atoms with Crippen LogP contribution in [0.15, 0.2) is 53.6 Å². The standard InChI is InChI=1S/C20H20F3N3O/c21-20(22,23)15-8-5-9-16(12-15)24-13-19(27)26-25-18-11-4-2-7-14-6-1-3-10-17(14)18/h1,3,5-6,8-10,12,24H,2,4,7,11,13H2,(H,26,27). The van der Waals surface area contributed by atoms with Gasteiger partial charge in [0.2, 0.25) is 0 Å². The lowest BCUT2D eigenvalue weighted by Crippen LogP contribution is -2.27. The summed E-state index contributed by atoms with van der Waals surface area (Å²) in [6.07, 6.45) is -0.593. The van der Waals surface area contributed by atoms with E-state index in [4.69, 9.17) is 0 Å². The van der Waals surface area contributed by atoms with Gasteiger partial charge >= 0.3 is 6.18 Å². The van der Waals surface area contributed by atoms with Gasteiger partial charge in [0.15, 0.2) is 0 Å². The van der Waals surface area contributed by atoms with Gasteiger partial charge in [0.25, 0.3) is 5.91 Å². The third-order valence-electron chi connectivity index (χ3n) is 4.40. The fourth-order valence-corrected chi connectivity index (χ4v) is 3.04. The van der Waals surface area contributed by atoms with E-state index in [0.717, 1.165) is 49.1 Å². The van der Waals surface area contributed by atoms with Crippen LogP contribution in [0, 0.1) is 0 Å². The lowest BCUT2D eigenvalue weighted by Gasteiger charge is -2.11. The molecule has 2 aromatic rings. The first-order valence-corrected chi connectivity index (χ1v) is 8.78. The molecule has 0 heterocycles. The first-order chi connectivity index (χ1) is 12.9. The SMILES string of the molecule is O=C(CNc1cccc(C(F)(F)F)c1)NN=C1CCCCc2ccccc21. The lowest BCUT2D eigenvalue weighted by molar-refractivity contribution is -0.137. The average Bonchev–Trinajstić information content (AvgIpc) is 2.86. The maximum Gasteiger partial charge on any atom is 0.416 e. The van der Waals surface area contributed by atoms with Crippen molar-refractivity contribution in [2.75, 3.05) is 11.9 Å². The zero-order chi connectivity index (χ0) is 19.3. The molecule has 0 unspecified atom stereocenters. The summed E-state index contributed by atoms with van der Waals surface area (Å²) in [5, 5.41) is 6.95. The summed E-state index contributed by atoms with van der Waals surface area (Å²) >= 11 is 0. The van der Waals surface area contributed by atoms with Crippen molar-refractivity contribution in [2.24, 2.45) is 5.10 Å². The zero-order valence-corrected chi connectivity index (χ0v) is 14.6. The molecule has 2 aromatic carbocycles. The second-order valence-corrected chi connectivity index (χ2v) is 6.39. The maximum atomic E-state index is 12.7. The molecule has 4 nitrogen and oxygen atoms in total. The number of carbonyl (C=O) groups is 1. The van der Waals surface area contributed by atoms with E-state index in [1.54, 1.807) is 0 Å². The molecule has 142 valence electrons. The van der Waals surface area contributed by atoms with Crippen LogP contribution in [0.1, 0.15) is 36.0 Å². The minimum absolute atomic E-state index is 0.167. The molecule has 0 fully saturated rings. The van der Waals surface area contributed by atoms with Gasteiger partial charge < -0.3 is 5.32 Å². The summed E-state index contributed by atoms with van der Waals surface area (Å²) in [5.41, 5.74) is 5.05. The van der Waals surface area contributed by atoms with Gasteiger partial charge in [0.05, 0.1) is 17.8 Å². The number of nitrogens with zero attached hydrogens (tertiary/aromatic N) is 1. The number of alkyl halides is 3. The third kappa shape index (κ3) is 5.09. The van der Waals surface area contributed by atoms with Crippen LogP contribution in [-0.2, 0) is 17.4 Å². The van der Waals surface area contributed by atoms with E-state index in [2.05, 4.69) is 21.9 Å². The average molecular weight is 375 g/mol. The summed E-state index contributed by atoms with van der Waals surface area (Å²) in [5.74, 6) is -0.415. The van der Waals surface area contributed by atoms with E-state index in [-0.39, 0.29) is 12.2 Å². The molecule has 0 saturated carbocycles. The Morgan fingerprint density at radius 2 is 1.81 bits per heavy atom. The molecule has 1 amide bonds. The molecular formula is C20H20F3N3O. The number of amides is 1. The van der Waals surface area contributed by atoms with E-state index < -0.39 is 17.6 Å². The lowest BCUT2D eigenvalue weighted by atomic mass is 10.0. The minimum atomic E-state index is -4.42. The summed E-state index contributed by atoms with van der Waals surface area (Å²) < 4.78 is 38.2. The van der Waals surface area contributed by atoms with Crippen LogP contribution in [0.5, 0.6) is 0 Å². The highest BCUT2D eigenvalue weighted by Crippen LogP contribution is 2.30. The number of carbonyl (C=O) groups excluding carboxylic acids is 1. The summed E-state index contributed by atoms with van der Waals surface area (Å²) in [6.45, 7) is -0.167. The Kier molecular flexibility index (Phi) is 5.78. The highest BCUT2D eigenvalue weighted by molar-refractivity contribution is 6.02. The normalized spacial score (nSPS) is 15.7. The molecule has 0 aliphatic heterocycles. The fraction of sp³-hybridized carbons (Fsp3) is 0.300. The topological polar surface area (TPSA) is 53.5 Å². The second kappa shape index (κ2) is 8.24. The molecule has 1 aliphatic rings. The molecule has 0 spiro atoms. The number of benzene rings is 2. The van der Waals surface area contributed by atoms with E-state index in [9.17, 15) is 18.0 Å². The van der Waals surface area contributed by atoms with Crippen LogP contribution in [0.4, 0.5) is 18.9 Å². The van der Waals surface area contributed by atoms with Crippen molar-refractivity contribution >= 4 is 17.3 Å². The van der Waals surface area contributed by atoms with Crippen LogP contribution < -0.4 is 10.7 Å². The van der Waals surface area contributed by atoms with Crippen molar-refractivity contribution in [3.05, 3.63) is 65.2 Å². The Hall–Kier alpha value is -2.83. The predicted molar refractivity (Wildman–Crippen MR) is 98.6 cm³/mol. The van der Waals surface area contributed by atoms with E-state index >= 15 is 0 Å². The van der Waals surface area contributed by atoms with Crippen LogP contribution in [0.3, 0.4) is 0 Å². The molecule has 0 bridgehead atoms. The number of aryl methyl sites for hydroxylation is 1. The molecular weight excluding hydrogens is 355 g/mol. The van der Waals surface area contributed by atoms with Crippen molar-refractivity contribution in [2.45, 2.75) is 31.9 Å². The van der Waals surface area contributed by atoms with Gasteiger partial charge in [-0.15, -0.1) is 0 Å². The van der Waals surface area contributed by atoms with Crippen molar-refractivity contribution in [1.82, 2.24) is 5.43 Å². The molecule has 0 atom stereocenters. The highest BCUT2D eigenvalue weighted by Gasteiger charge is 2.30. The van der Waals surface area contributed by atoms with Gasteiger partial charge in [0.1, 0.15) is 0 Å². The number of nitrogens with one attached hydrogen (secondary N) is 2. The van der Waals surface area contributed by atoms with Crippen LogP contribution in [-0.4, -0.2) is 18.2 Å². The third-order valence-corrected chi connectivity index (χ3v) is 4.40. The minimum Gasteiger partial charge on any atom is -0.376 e. The molecule has 1 aliphatic carbocycles. The predicted octanol–water partition coefficient (Wildman–Crippen LogP) is 4.36. The molecule has 7 heteroatoms. The Morgan fingerprint density at radius 3 is 2.63 bits per heavy atom. The Balaban J connectivity index is 1.61. The molecule has 27 heavy (non-hydrogen) atoms. The Labute approximate surface area is 155 Å². The van der Waals surface area contributed by atoms with Gasteiger partial charge in [0, 0.05) is 11.3 Å². The number of hydrazone groups is 1. The first-order valence-electron chi connectivity index (χ1n) is 8.78. The molecule has 0 radical (unpaired) electrons.